The van der Waals surface area contributed by atoms with Crippen molar-refractivity contribution in [3.63, 3.8) is 0 Å². The largest absolute Gasteiger partial charge is 0.374 e. The van der Waals surface area contributed by atoms with E-state index < -0.39 is 0 Å². The van der Waals surface area contributed by atoms with Gasteiger partial charge in [0.2, 0.25) is 0 Å². The molecule has 2 rings (SSSR count). The Morgan fingerprint density at radius 2 is 2.41 bits per heavy atom. The van der Waals surface area contributed by atoms with Crippen molar-refractivity contribution in [3.05, 3.63) is 10.0 Å². The third kappa shape index (κ3) is 3.86. The SMILES string of the molecule is CN(C)CC1CN(Cc2nnsc2Cl)CCO1. The first-order valence-electron chi connectivity index (χ1n) is 5.60. The molecule has 1 saturated heterocycles. The van der Waals surface area contributed by atoms with E-state index in [0.29, 0.717) is 4.34 Å². The molecule has 0 aromatic carbocycles. The van der Waals surface area contributed by atoms with Crippen LogP contribution in [0.2, 0.25) is 4.34 Å². The van der Waals surface area contributed by atoms with Crippen LogP contribution < -0.4 is 0 Å². The van der Waals surface area contributed by atoms with Crippen LogP contribution in [0, 0.1) is 0 Å². The average molecular weight is 277 g/mol. The van der Waals surface area contributed by atoms with Crippen molar-refractivity contribution >= 4 is 23.1 Å². The minimum atomic E-state index is 0.268. The zero-order valence-corrected chi connectivity index (χ0v) is 11.7. The summed E-state index contributed by atoms with van der Waals surface area (Å²) < 4.78 is 10.3. The second kappa shape index (κ2) is 6.06. The number of aromatic nitrogens is 2. The highest BCUT2D eigenvalue weighted by molar-refractivity contribution is 7.10. The molecule has 17 heavy (non-hydrogen) atoms. The Bertz CT molecular complexity index is 360. The van der Waals surface area contributed by atoms with Crippen LogP contribution >= 0.6 is 23.1 Å². The molecule has 0 bridgehead atoms. The van der Waals surface area contributed by atoms with Crippen molar-refractivity contribution in [3.8, 4) is 0 Å². The van der Waals surface area contributed by atoms with Gasteiger partial charge in [-0.05, 0) is 14.1 Å². The number of rotatable bonds is 4. The van der Waals surface area contributed by atoms with Crippen LogP contribution in [0.4, 0.5) is 0 Å². The molecule has 0 amide bonds. The van der Waals surface area contributed by atoms with E-state index in [0.717, 1.165) is 38.5 Å². The maximum Gasteiger partial charge on any atom is 0.138 e. The second-order valence-electron chi connectivity index (χ2n) is 4.48. The lowest BCUT2D eigenvalue weighted by Crippen LogP contribution is -2.46. The molecule has 1 aromatic rings. The molecule has 96 valence electrons. The van der Waals surface area contributed by atoms with Crippen molar-refractivity contribution in [2.45, 2.75) is 12.6 Å². The van der Waals surface area contributed by atoms with Crippen LogP contribution in [-0.4, -0.2) is 65.8 Å². The van der Waals surface area contributed by atoms with Gasteiger partial charge in [0.1, 0.15) is 10.0 Å². The topological polar surface area (TPSA) is 41.5 Å². The standard InChI is InChI=1S/C10H17ClN4OS/c1-14(2)5-8-6-15(3-4-16-8)7-9-10(11)17-13-12-9/h8H,3-7H2,1-2H3. The smallest absolute Gasteiger partial charge is 0.138 e. The molecule has 1 aromatic heterocycles. The van der Waals surface area contributed by atoms with Gasteiger partial charge in [0.05, 0.1) is 12.7 Å². The van der Waals surface area contributed by atoms with E-state index in [2.05, 4.69) is 33.5 Å². The van der Waals surface area contributed by atoms with E-state index >= 15 is 0 Å². The van der Waals surface area contributed by atoms with Crippen LogP contribution in [0.25, 0.3) is 0 Å². The van der Waals surface area contributed by atoms with Crippen LogP contribution in [-0.2, 0) is 11.3 Å². The normalized spacial score (nSPS) is 22.2. The fourth-order valence-corrected chi connectivity index (χ4v) is 2.56. The monoisotopic (exact) mass is 276 g/mol. The van der Waals surface area contributed by atoms with Crippen molar-refractivity contribution in [2.24, 2.45) is 0 Å². The fraction of sp³-hybridized carbons (Fsp3) is 0.800. The summed E-state index contributed by atoms with van der Waals surface area (Å²) in [4.78, 5) is 4.46. The highest BCUT2D eigenvalue weighted by Crippen LogP contribution is 2.19. The quantitative estimate of drug-likeness (QED) is 0.819. The molecule has 1 atom stereocenters. The summed E-state index contributed by atoms with van der Waals surface area (Å²) in [7, 11) is 4.12. The van der Waals surface area contributed by atoms with E-state index in [4.69, 9.17) is 16.3 Å². The number of hydrogen-bond acceptors (Lipinski definition) is 6. The molecule has 1 aliphatic heterocycles. The van der Waals surface area contributed by atoms with E-state index in [1.807, 2.05) is 0 Å². The lowest BCUT2D eigenvalue weighted by molar-refractivity contribution is -0.0409. The van der Waals surface area contributed by atoms with Gasteiger partial charge in [-0.2, -0.15) is 0 Å². The molecule has 1 aliphatic rings. The Morgan fingerprint density at radius 1 is 1.59 bits per heavy atom. The fourth-order valence-electron chi connectivity index (χ4n) is 1.94. The zero-order valence-electron chi connectivity index (χ0n) is 10.1. The molecule has 1 fully saturated rings. The molecule has 0 radical (unpaired) electrons. The molecule has 0 N–H and O–H groups in total. The molecular weight excluding hydrogens is 260 g/mol. The Morgan fingerprint density at radius 3 is 3.06 bits per heavy atom. The summed E-state index contributed by atoms with van der Waals surface area (Å²) in [6.45, 7) is 4.33. The van der Waals surface area contributed by atoms with Crippen molar-refractivity contribution in [1.29, 1.82) is 0 Å². The lowest BCUT2D eigenvalue weighted by atomic mass is 10.2. The highest BCUT2D eigenvalue weighted by atomic mass is 35.5. The van der Waals surface area contributed by atoms with Crippen molar-refractivity contribution in [1.82, 2.24) is 19.4 Å². The maximum atomic E-state index is 6.01. The minimum absolute atomic E-state index is 0.268. The van der Waals surface area contributed by atoms with Crippen LogP contribution in [0.15, 0.2) is 0 Å². The summed E-state index contributed by atoms with van der Waals surface area (Å²) in [5, 5.41) is 4.04. The van der Waals surface area contributed by atoms with E-state index in [9.17, 15) is 0 Å². The molecule has 1 unspecified atom stereocenters. The van der Waals surface area contributed by atoms with Gasteiger partial charge in [0, 0.05) is 37.7 Å². The zero-order chi connectivity index (χ0) is 12.3. The summed E-state index contributed by atoms with van der Waals surface area (Å²) in [6.07, 6.45) is 0.268. The Kier molecular flexibility index (Phi) is 4.69. The summed E-state index contributed by atoms with van der Waals surface area (Å²) >= 11 is 7.25. The van der Waals surface area contributed by atoms with Gasteiger partial charge < -0.3 is 9.64 Å². The number of morpholine rings is 1. The summed E-state index contributed by atoms with van der Waals surface area (Å²) in [6, 6.07) is 0. The molecule has 0 aliphatic carbocycles. The molecule has 0 spiro atoms. The van der Waals surface area contributed by atoms with Gasteiger partial charge in [-0.1, -0.05) is 16.1 Å². The lowest BCUT2D eigenvalue weighted by Gasteiger charge is -2.33. The number of nitrogens with zero attached hydrogens (tertiary/aromatic N) is 4. The molecule has 2 heterocycles. The van der Waals surface area contributed by atoms with Gasteiger partial charge >= 0.3 is 0 Å². The third-order valence-electron chi connectivity index (χ3n) is 2.67. The minimum Gasteiger partial charge on any atom is -0.374 e. The molecular formula is C10H17ClN4OS. The highest BCUT2D eigenvalue weighted by Gasteiger charge is 2.22. The van der Waals surface area contributed by atoms with Crippen LogP contribution in [0.1, 0.15) is 5.69 Å². The second-order valence-corrected chi connectivity index (χ2v) is 5.84. The molecule has 7 heteroatoms. The van der Waals surface area contributed by atoms with Gasteiger partial charge in [-0.3, -0.25) is 4.90 Å². The first kappa shape index (κ1) is 13.2. The first-order valence-corrected chi connectivity index (χ1v) is 6.75. The van der Waals surface area contributed by atoms with Crippen LogP contribution in [0.5, 0.6) is 0 Å². The number of likely N-dealkylation sites (N-methyl/N-ethyl adjacent to an activating group) is 1. The Labute approximate surface area is 110 Å². The number of ether oxygens (including phenoxy) is 1. The Hall–Kier alpha value is -0.270. The van der Waals surface area contributed by atoms with Gasteiger partial charge in [0.25, 0.3) is 0 Å². The van der Waals surface area contributed by atoms with E-state index in [1.165, 1.54) is 11.5 Å². The van der Waals surface area contributed by atoms with Gasteiger partial charge in [-0.25, -0.2) is 0 Å². The van der Waals surface area contributed by atoms with Crippen molar-refractivity contribution in [2.75, 3.05) is 40.3 Å². The summed E-state index contributed by atoms with van der Waals surface area (Å²) in [5.74, 6) is 0. The first-order chi connectivity index (χ1) is 8.15. The molecule has 5 nitrogen and oxygen atoms in total. The Balaban J connectivity index is 1.87. The van der Waals surface area contributed by atoms with Gasteiger partial charge in [0.15, 0.2) is 0 Å². The van der Waals surface area contributed by atoms with Crippen LogP contribution in [0.3, 0.4) is 0 Å². The summed E-state index contributed by atoms with van der Waals surface area (Å²) in [5.41, 5.74) is 0.877. The average Bonchev–Trinajstić information content (AvgIpc) is 2.64. The maximum absolute atomic E-state index is 6.01. The predicted octanol–water partition coefficient (Wildman–Crippen LogP) is 0.954. The van der Waals surface area contributed by atoms with Crippen molar-refractivity contribution < 1.29 is 4.74 Å². The van der Waals surface area contributed by atoms with E-state index in [-0.39, 0.29) is 6.10 Å². The predicted molar refractivity (Wildman–Crippen MR) is 68.5 cm³/mol. The third-order valence-corrected chi connectivity index (χ3v) is 3.66. The number of halogens is 1. The van der Waals surface area contributed by atoms with Gasteiger partial charge in [-0.15, -0.1) is 5.10 Å². The molecule has 0 saturated carbocycles. The number of hydrogen-bond donors (Lipinski definition) is 0. The van der Waals surface area contributed by atoms with E-state index in [1.54, 1.807) is 0 Å².